The molecule has 0 aromatic heterocycles. The lowest BCUT2D eigenvalue weighted by molar-refractivity contribution is 0.552. The van der Waals surface area contributed by atoms with E-state index in [1.54, 1.807) is 0 Å². The van der Waals surface area contributed by atoms with Crippen LogP contribution < -0.4 is 0 Å². The first-order chi connectivity index (χ1) is 4.86. The molecule has 54 valence electrons. The van der Waals surface area contributed by atoms with Crippen molar-refractivity contribution < 1.29 is 0 Å². The smallest absolute Gasteiger partial charge is 0.0165 e. The van der Waals surface area contributed by atoms with Gasteiger partial charge < -0.3 is 0 Å². The first-order valence-corrected chi connectivity index (χ1v) is 4.21. The van der Waals surface area contributed by atoms with Crippen LogP contribution in [0, 0.1) is 17.8 Å². The monoisotopic (exact) mass is 134 g/mol. The lowest BCUT2D eigenvalue weighted by Crippen LogP contribution is -2.03. The fourth-order valence-corrected chi connectivity index (χ4v) is 2.23. The van der Waals surface area contributed by atoms with Crippen molar-refractivity contribution in [3.8, 4) is 0 Å². The van der Waals surface area contributed by atoms with Gasteiger partial charge in [0.1, 0.15) is 0 Å². The van der Waals surface area contributed by atoms with E-state index in [4.69, 9.17) is 0 Å². The molecule has 0 nitrogen and oxygen atoms in total. The molecule has 2 atom stereocenters. The molecule has 0 aromatic rings. The Bertz CT molecular complexity index is 156. The molecule has 0 aromatic carbocycles. The Morgan fingerprint density at radius 3 is 2.00 bits per heavy atom. The Balaban J connectivity index is 2.14. The van der Waals surface area contributed by atoms with Crippen LogP contribution in [0.3, 0.4) is 0 Å². The van der Waals surface area contributed by atoms with E-state index in [9.17, 15) is 0 Å². The maximum absolute atomic E-state index is 2.37. The Hall–Kier alpha value is -0.520. The first-order valence-electron chi connectivity index (χ1n) is 4.21. The fraction of sp³-hybridized carbons (Fsp3) is 0.600. The number of hydrogen-bond donors (Lipinski definition) is 0. The zero-order valence-corrected chi connectivity index (χ0v) is 6.46. The van der Waals surface area contributed by atoms with E-state index in [-0.39, 0.29) is 0 Å². The SMILES string of the molecule is CC1C[C@@H]2C=CC=C[C@H]2C1. The molecule has 1 saturated carbocycles. The van der Waals surface area contributed by atoms with Crippen LogP contribution in [0.25, 0.3) is 0 Å². The van der Waals surface area contributed by atoms with Crippen molar-refractivity contribution in [2.45, 2.75) is 19.8 Å². The number of fused-ring (bicyclic) bond motifs is 1. The Morgan fingerprint density at radius 1 is 1.00 bits per heavy atom. The third-order valence-electron chi connectivity index (χ3n) is 2.73. The minimum atomic E-state index is 0.875. The van der Waals surface area contributed by atoms with Gasteiger partial charge in [-0.3, -0.25) is 0 Å². The van der Waals surface area contributed by atoms with E-state index in [0.29, 0.717) is 0 Å². The minimum absolute atomic E-state index is 0.875. The molecule has 0 unspecified atom stereocenters. The molecular weight excluding hydrogens is 120 g/mol. The van der Waals surface area contributed by atoms with E-state index in [1.807, 2.05) is 0 Å². The van der Waals surface area contributed by atoms with Gasteiger partial charge in [0.15, 0.2) is 0 Å². The summed E-state index contributed by atoms with van der Waals surface area (Å²) >= 11 is 0. The third kappa shape index (κ3) is 0.920. The van der Waals surface area contributed by atoms with E-state index in [2.05, 4.69) is 31.2 Å². The Labute approximate surface area is 62.6 Å². The standard InChI is InChI=1S/C10H14/c1-8-6-9-4-2-3-5-10(9)7-8/h2-5,8-10H,6-7H2,1H3/t9-,10-/m0/s1. The molecule has 2 rings (SSSR count). The van der Waals surface area contributed by atoms with Gasteiger partial charge in [-0.25, -0.2) is 0 Å². The second-order valence-electron chi connectivity index (χ2n) is 3.67. The normalized spacial score (nSPS) is 38.5. The van der Waals surface area contributed by atoms with Crippen LogP contribution in [0.2, 0.25) is 0 Å². The second kappa shape index (κ2) is 2.26. The summed E-state index contributed by atoms with van der Waals surface area (Å²) in [5.74, 6) is 2.70. The van der Waals surface area contributed by atoms with E-state index < -0.39 is 0 Å². The quantitative estimate of drug-likeness (QED) is 0.478. The molecule has 0 N–H and O–H groups in total. The Kier molecular flexibility index (Phi) is 1.40. The molecule has 0 amide bonds. The number of hydrogen-bond acceptors (Lipinski definition) is 0. The van der Waals surface area contributed by atoms with Gasteiger partial charge in [-0.2, -0.15) is 0 Å². The van der Waals surface area contributed by atoms with Crippen molar-refractivity contribution >= 4 is 0 Å². The molecule has 0 aliphatic heterocycles. The summed E-state index contributed by atoms with van der Waals surface area (Å²) < 4.78 is 0. The molecule has 10 heavy (non-hydrogen) atoms. The zero-order chi connectivity index (χ0) is 6.97. The predicted molar refractivity (Wildman–Crippen MR) is 43.7 cm³/mol. The maximum atomic E-state index is 2.37. The van der Waals surface area contributed by atoms with Gasteiger partial charge in [0.25, 0.3) is 0 Å². The van der Waals surface area contributed by atoms with Crippen molar-refractivity contribution in [3.05, 3.63) is 24.3 Å². The number of allylic oxidation sites excluding steroid dienone is 4. The highest BCUT2D eigenvalue weighted by Gasteiger charge is 2.28. The molecule has 2 aliphatic carbocycles. The highest BCUT2D eigenvalue weighted by Crippen LogP contribution is 2.39. The van der Waals surface area contributed by atoms with Crippen molar-refractivity contribution in [3.63, 3.8) is 0 Å². The lowest BCUT2D eigenvalue weighted by Gasteiger charge is -2.13. The molecule has 0 heterocycles. The molecular formula is C10H14. The van der Waals surface area contributed by atoms with Crippen LogP contribution in [-0.2, 0) is 0 Å². The summed E-state index contributed by atoms with van der Waals surface area (Å²) in [5.41, 5.74) is 0. The molecule has 0 heteroatoms. The topological polar surface area (TPSA) is 0 Å². The van der Waals surface area contributed by atoms with Crippen LogP contribution in [0.1, 0.15) is 19.8 Å². The molecule has 2 aliphatic rings. The van der Waals surface area contributed by atoms with Crippen molar-refractivity contribution in [2.75, 3.05) is 0 Å². The average Bonchev–Trinajstić information content (AvgIpc) is 2.27. The highest BCUT2D eigenvalue weighted by atomic mass is 14.3. The van der Waals surface area contributed by atoms with Crippen molar-refractivity contribution in [1.29, 1.82) is 0 Å². The summed E-state index contributed by atoms with van der Waals surface area (Å²) in [6.45, 7) is 2.36. The van der Waals surface area contributed by atoms with E-state index >= 15 is 0 Å². The summed E-state index contributed by atoms with van der Waals surface area (Å²) in [7, 11) is 0. The summed E-state index contributed by atoms with van der Waals surface area (Å²) in [4.78, 5) is 0. The third-order valence-corrected chi connectivity index (χ3v) is 2.73. The van der Waals surface area contributed by atoms with Crippen LogP contribution in [0.5, 0.6) is 0 Å². The average molecular weight is 134 g/mol. The van der Waals surface area contributed by atoms with Crippen molar-refractivity contribution in [1.82, 2.24) is 0 Å². The minimum Gasteiger partial charge on any atom is -0.0808 e. The lowest BCUT2D eigenvalue weighted by atomic mass is 9.92. The second-order valence-corrected chi connectivity index (χ2v) is 3.67. The van der Waals surface area contributed by atoms with E-state index in [1.165, 1.54) is 12.8 Å². The van der Waals surface area contributed by atoms with Gasteiger partial charge in [0.05, 0.1) is 0 Å². The summed E-state index contributed by atoms with van der Waals surface area (Å²) in [6.07, 6.45) is 11.9. The van der Waals surface area contributed by atoms with Crippen LogP contribution in [0.4, 0.5) is 0 Å². The van der Waals surface area contributed by atoms with Gasteiger partial charge in [-0.15, -0.1) is 0 Å². The Morgan fingerprint density at radius 2 is 1.50 bits per heavy atom. The van der Waals surface area contributed by atoms with Gasteiger partial charge >= 0.3 is 0 Å². The van der Waals surface area contributed by atoms with Crippen molar-refractivity contribution in [2.24, 2.45) is 17.8 Å². The van der Waals surface area contributed by atoms with E-state index in [0.717, 1.165) is 17.8 Å². The summed E-state index contributed by atoms with van der Waals surface area (Å²) in [6, 6.07) is 0. The molecule has 0 radical (unpaired) electrons. The molecule has 0 bridgehead atoms. The zero-order valence-electron chi connectivity index (χ0n) is 6.46. The van der Waals surface area contributed by atoms with Gasteiger partial charge in [-0.1, -0.05) is 31.2 Å². The van der Waals surface area contributed by atoms with Gasteiger partial charge in [0.2, 0.25) is 0 Å². The molecule has 1 fully saturated rings. The highest BCUT2D eigenvalue weighted by molar-refractivity contribution is 5.16. The molecule has 0 spiro atoms. The van der Waals surface area contributed by atoms with Crippen LogP contribution >= 0.6 is 0 Å². The predicted octanol–water partition coefficient (Wildman–Crippen LogP) is 2.77. The summed E-state index contributed by atoms with van der Waals surface area (Å²) in [5, 5.41) is 0. The number of rotatable bonds is 0. The largest absolute Gasteiger partial charge is 0.0808 e. The first kappa shape index (κ1) is 6.21. The molecule has 0 saturated heterocycles. The fourth-order valence-electron chi connectivity index (χ4n) is 2.23. The maximum Gasteiger partial charge on any atom is -0.0165 e. The van der Waals surface area contributed by atoms with Gasteiger partial charge in [-0.05, 0) is 30.6 Å². The van der Waals surface area contributed by atoms with Gasteiger partial charge in [0, 0.05) is 0 Å². The van der Waals surface area contributed by atoms with Crippen LogP contribution in [0.15, 0.2) is 24.3 Å². The van der Waals surface area contributed by atoms with Crippen LogP contribution in [-0.4, -0.2) is 0 Å².